The lowest BCUT2D eigenvalue weighted by Gasteiger charge is -2.59. The molecule has 2 saturated heterocycles. The molecule has 0 amide bonds. The molecular weight excluding hydrogens is 919 g/mol. The molecule has 2 fully saturated rings. The van der Waals surface area contributed by atoms with Crippen LogP contribution in [-0.2, 0) is 0 Å². The van der Waals surface area contributed by atoms with Gasteiger partial charge in [0.1, 0.15) is 5.82 Å². The normalized spacial score (nSPS) is 19.9. The molecule has 2 aliphatic rings. The molecule has 2 atom stereocenters. The van der Waals surface area contributed by atoms with Gasteiger partial charge in [0.15, 0.2) is 0 Å². The van der Waals surface area contributed by atoms with Crippen LogP contribution in [0.3, 0.4) is 0 Å². The van der Waals surface area contributed by atoms with E-state index in [1.807, 2.05) is 14.1 Å². The molecule has 0 aromatic carbocycles. The smallest absolute Gasteiger partial charge is 0.230 e. The van der Waals surface area contributed by atoms with Crippen LogP contribution in [0.5, 0.6) is 0 Å². The van der Waals surface area contributed by atoms with E-state index < -0.39 is 0 Å². The fourth-order valence-electron chi connectivity index (χ4n) is 11.0. The highest BCUT2D eigenvalue weighted by atomic mass is 15.4. The van der Waals surface area contributed by atoms with Gasteiger partial charge >= 0.3 is 0 Å². The Hall–Kier alpha value is -1.79. The van der Waals surface area contributed by atoms with Crippen molar-refractivity contribution in [2.24, 2.45) is 5.92 Å². The minimum absolute atomic E-state index is 0.0697. The lowest BCUT2D eigenvalue weighted by Crippen LogP contribution is -2.67. The third-order valence-corrected chi connectivity index (χ3v) is 17.0. The van der Waals surface area contributed by atoms with Crippen LogP contribution in [0.4, 0.5) is 11.9 Å². The fraction of sp³-hybridized carbons (Fsp3) is 0.949. The van der Waals surface area contributed by atoms with Crippen molar-refractivity contribution in [2.45, 2.75) is 188 Å². The number of unbranched alkanes of at least 4 members (excludes halogenated alkanes) is 2. The number of nitrogens with zero attached hydrogens (tertiary/aromatic N) is 13. The topological polar surface area (TPSA) is 95.1 Å². The minimum Gasteiger partial charge on any atom is -0.338 e. The quantitative estimate of drug-likeness (QED) is 0.0689. The molecule has 3 rings (SSSR count). The van der Waals surface area contributed by atoms with Crippen LogP contribution < -0.4 is 20.4 Å². The van der Waals surface area contributed by atoms with Crippen molar-refractivity contribution < 1.29 is 0 Å². The number of likely N-dealkylation sites (N-methyl/N-ethyl adjacent to an activating group) is 4. The summed E-state index contributed by atoms with van der Waals surface area (Å²) in [7, 11) is 26.0. The van der Waals surface area contributed by atoms with Crippen LogP contribution in [0, 0.1) is 12.8 Å². The second kappa shape index (κ2) is 35.0. The van der Waals surface area contributed by atoms with Crippen molar-refractivity contribution in [3.05, 3.63) is 5.82 Å². The molecule has 2 N–H and O–H groups in total. The number of hydrogen-bond acceptors (Lipinski definition) is 15. The van der Waals surface area contributed by atoms with Crippen LogP contribution in [0.2, 0.25) is 0 Å². The number of piperidine rings is 2. The van der Waals surface area contributed by atoms with Crippen molar-refractivity contribution in [1.29, 1.82) is 0 Å². The first kappa shape index (κ1) is 70.2. The Kier molecular flexibility index (Phi) is 33.2. The van der Waals surface area contributed by atoms with E-state index in [4.69, 9.17) is 15.0 Å². The van der Waals surface area contributed by atoms with E-state index in [2.05, 4.69) is 213 Å². The lowest BCUT2D eigenvalue weighted by atomic mass is 9.70. The summed E-state index contributed by atoms with van der Waals surface area (Å²) in [6, 6.07) is 0.763. The van der Waals surface area contributed by atoms with Gasteiger partial charge in [0.2, 0.25) is 11.9 Å². The van der Waals surface area contributed by atoms with E-state index in [1.165, 1.54) is 91.1 Å². The second-order valence-corrected chi connectivity index (χ2v) is 25.8. The molecule has 1 aromatic rings. The zero-order chi connectivity index (χ0) is 56.5. The SMILES string of the molecule is CCCCN(c1nc(C)nc(N(CCCC)C2CC(C)(C)N(C)C(C)(C)C2C)n1)C1CC(C)(C)N(C)C(C)(C)C1.CN(C)CCCN(C)CCN(C)CCCN(C)C.CNCCCN(C)CCN(C)CCCNC. The minimum atomic E-state index is 0.0697. The summed E-state index contributed by atoms with van der Waals surface area (Å²) in [5, 5.41) is 6.36. The van der Waals surface area contributed by atoms with Crippen molar-refractivity contribution in [1.82, 2.24) is 64.8 Å². The Morgan fingerprint density at radius 3 is 1.22 bits per heavy atom. The van der Waals surface area contributed by atoms with E-state index in [9.17, 15) is 0 Å². The number of rotatable bonds is 32. The number of nitrogens with one attached hydrogen (secondary N) is 2. The molecule has 15 nitrogen and oxygen atoms in total. The number of likely N-dealkylation sites (tertiary alicyclic amines) is 2. The van der Waals surface area contributed by atoms with Gasteiger partial charge in [-0.3, -0.25) is 9.80 Å². The molecule has 2 aliphatic heterocycles. The first-order valence-corrected chi connectivity index (χ1v) is 29.6. The monoisotopic (exact) mass is 1050 g/mol. The Labute approximate surface area is 460 Å². The van der Waals surface area contributed by atoms with Crippen LogP contribution in [0.25, 0.3) is 0 Å². The predicted molar refractivity (Wildman–Crippen MR) is 325 cm³/mol. The van der Waals surface area contributed by atoms with Crippen molar-refractivity contribution in [3.8, 4) is 0 Å². The summed E-state index contributed by atoms with van der Waals surface area (Å²) >= 11 is 0. The summed E-state index contributed by atoms with van der Waals surface area (Å²) < 4.78 is 0. The van der Waals surface area contributed by atoms with Gasteiger partial charge in [0, 0.05) is 73.5 Å². The predicted octanol–water partition coefficient (Wildman–Crippen LogP) is 7.76. The lowest BCUT2D eigenvalue weighted by molar-refractivity contribution is -0.0508. The van der Waals surface area contributed by atoms with E-state index >= 15 is 0 Å². The maximum atomic E-state index is 5.36. The second-order valence-electron chi connectivity index (χ2n) is 25.8. The molecular formula is C59H127N15. The average molecular weight is 1050 g/mol. The number of aryl methyl sites for hydroxylation is 1. The summed E-state index contributed by atoms with van der Waals surface area (Å²) in [6.45, 7) is 44.2. The standard InChI is InChI=1S/C33H63N7.C14H34N4.C12H30N4/c1-15-17-19-39(26-21-30(5,6)37(13)31(7,8)22-26)28-34-25(4)35-29(36-28)40(20-18-16-2)27-23-32(9,10)38(14)33(11,12)24(27)3;1-15(2)9-7-11-17(5)13-14-18(6)12-8-10-16(3)4;1-13-7-5-9-15(3)11-12-16(4)10-6-8-14-2/h24,26-27H,15-23H2,1-14H3;7-14H2,1-6H3;13-14H,5-12H2,1-4H3. The third kappa shape index (κ3) is 25.3. The molecule has 438 valence electrons. The largest absolute Gasteiger partial charge is 0.338 e. The van der Waals surface area contributed by atoms with Gasteiger partial charge < -0.3 is 49.8 Å². The molecule has 2 unspecified atom stereocenters. The van der Waals surface area contributed by atoms with Crippen LogP contribution in [-0.4, -0.2) is 265 Å². The first-order valence-electron chi connectivity index (χ1n) is 29.6. The number of hydrogen-bond donors (Lipinski definition) is 2. The average Bonchev–Trinajstić information content (AvgIpc) is 3.31. The van der Waals surface area contributed by atoms with E-state index in [-0.39, 0.29) is 22.2 Å². The van der Waals surface area contributed by atoms with Gasteiger partial charge in [-0.1, -0.05) is 33.6 Å². The highest BCUT2D eigenvalue weighted by molar-refractivity contribution is 5.42. The summed E-state index contributed by atoms with van der Waals surface area (Å²) in [5.74, 6) is 3.04. The van der Waals surface area contributed by atoms with Crippen LogP contribution in [0.15, 0.2) is 0 Å². The fourth-order valence-corrected chi connectivity index (χ4v) is 11.0. The highest BCUT2D eigenvalue weighted by Gasteiger charge is 2.50. The van der Waals surface area contributed by atoms with Gasteiger partial charge in [0.25, 0.3) is 0 Å². The zero-order valence-electron chi connectivity index (χ0n) is 53.7. The summed E-state index contributed by atoms with van der Waals surface area (Å²) in [4.78, 5) is 39.9. The molecule has 3 heterocycles. The number of anilines is 2. The Morgan fingerprint density at radius 1 is 0.473 bits per heavy atom. The molecule has 15 heteroatoms. The molecule has 74 heavy (non-hydrogen) atoms. The summed E-state index contributed by atoms with van der Waals surface area (Å²) in [6.07, 6.45) is 12.9. The van der Waals surface area contributed by atoms with E-state index in [1.54, 1.807) is 0 Å². The number of aromatic nitrogens is 3. The zero-order valence-corrected chi connectivity index (χ0v) is 53.7. The molecule has 0 radical (unpaired) electrons. The van der Waals surface area contributed by atoms with Crippen molar-refractivity contribution in [2.75, 3.05) is 186 Å². The van der Waals surface area contributed by atoms with Gasteiger partial charge in [0.05, 0.1) is 0 Å². The van der Waals surface area contributed by atoms with Crippen LogP contribution in [0.1, 0.15) is 153 Å². The first-order chi connectivity index (χ1) is 34.5. The molecule has 1 aromatic heterocycles. The Morgan fingerprint density at radius 2 is 0.838 bits per heavy atom. The molecule has 0 bridgehead atoms. The highest BCUT2D eigenvalue weighted by Crippen LogP contribution is 2.44. The molecule has 0 spiro atoms. The van der Waals surface area contributed by atoms with E-state index in [0.717, 1.165) is 88.8 Å². The maximum Gasteiger partial charge on any atom is 0.230 e. The van der Waals surface area contributed by atoms with Gasteiger partial charge in [-0.15, -0.1) is 0 Å². The van der Waals surface area contributed by atoms with Crippen molar-refractivity contribution in [3.63, 3.8) is 0 Å². The summed E-state index contributed by atoms with van der Waals surface area (Å²) in [5.41, 5.74) is 0.375. The van der Waals surface area contributed by atoms with Crippen LogP contribution >= 0.6 is 0 Å². The van der Waals surface area contributed by atoms with E-state index in [0.29, 0.717) is 18.0 Å². The maximum absolute atomic E-state index is 5.36. The van der Waals surface area contributed by atoms with Crippen molar-refractivity contribution >= 4 is 11.9 Å². The van der Waals surface area contributed by atoms with Gasteiger partial charge in [-0.05, 0) is 263 Å². The Balaban J connectivity index is 0.000000665. The Bertz CT molecular complexity index is 1530. The molecule has 0 saturated carbocycles. The molecule has 0 aliphatic carbocycles. The van der Waals surface area contributed by atoms with Gasteiger partial charge in [-0.2, -0.15) is 15.0 Å². The third-order valence-electron chi connectivity index (χ3n) is 17.0. The van der Waals surface area contributed by atoms with Gasteiger partial charge in [-0.25, -0.2) is 0 Å².